The zero-order chi connectivity index (χ0) is 9.46. The molecule has 0 N–H and O–H groups in total. The van der Waals surface area contributed by atoms with Crippen molar-refractivity contribution >= 4 is 0 Å². The van der Waals surface area contributed by atoms with Gasteiger partial charge < -0.3 is 0 Å². The summed E-state index contributed by atoms with van der Waals surface area (Å²) in [5.41, 5.74) is 3.27. The van der Waals surface area contributed by atoms with E-state index in [-0.39, 0.29) is 0 Å². The zero-order valence-electron chi connectivity index (χ0n) is 9.31. The monoisotopic (exact) mass is 166 g/mol. The standard InChI is InChI=1S/C12H22/c1-7-8(2)10(4)12(6)11(5)9(7)3/h7-10H,1-6H3. The van der Waals surface area contributed by atoms with Crippen LogP contribution in [0.5, 0.6) is 0 Å². The predicted octanol–water partition coefficient (Wildman–Crippen LogP) is 3.88. The summed E-state index contributed by atoms with van der Waals surface area (Å²) in [6.07, 6.45) is 0. The minimum atomic E-state index is 0.788. The van der Waals surface area contributed by atoms with Crippen LogP contribution in [0, 0.1) is 23.7 Å². The lowest BCUT2D eigenvalue weighted by atomic mass is 9.67. The smallest absolute Gasteiger partial charge is 0.0203 e. The quantitative estimate of drug-likeness (QED) is 0.479. The van der Waals surface area contributed by atoms with Crippen LogP contribution in [0.15, 0.2) is 11.1 Å². The molecule has 0 saturated carbocycles. The highest BCUT2D eigenvalue weighted by Crippen LogP contribution is 2.41. The maximum Gasteiger partial charge on any atom is -0.0203 e. The van der Waals surface area contributed by atoms with Gasteiger partial charge in [0.05, 0.1) is 0 Å². The lowest BCUT2D eigenvalue weighted by Gasteiger charge is -2.38. The molecular formula is C12H22. The third kappa shape index (κ3) is 1.32. The van der Waals surface area contributed by atoms with Crippen LogP contribution in [0.1, 0.15) is 41.5 Å². The zero-order valence-corrected chi connectivity index (χ0v) is 9.31. The molecule has 0 aromatic heterocycles. The van der Waals surface area contributed by atoms with E-state index < -0.39 is 0 Å². The van der Waals surface area contributed by atoms with Gasteiger partial charge in [-0.15, -0.1) is 0 Å². The van der Waals surface area contributed by atoms with Crippen molar-refractivity contribution in [2.75, 3.05) is 0 Å². The van der Waals surface area contributed by atoms with Gasteiger partial charge in [0, 0.05) is 0 Å². The molecule has 0 aliphatic heterocycles. The molecule has 4 atom stereocenters. The normalized spacial score (nSPS) is 43.5. The second-order valence-corrected chi connectivity index (χ2v) is 4.66. The van der Waals surface area contributed by atoms with Crippen molar-refractivity contribution in [3.8, 4) is 0 Å². The Morgan fingerprint density at radius 2 is 0.917 bits per heavy atom. The molecule has 0 nitrogen and oxygen atoms in total. The molecule has 0 heteroatoms. The van der Waals surface area contributed by atoms with Crippen LogP contribution in [0.2, 0.25) is 0 Å². The van der Waals surface area contributed by atoms with E-state index in [4.69, 9.17) is 0 Å². The van der Waals surface area contributed by atoms with E-state index in [9.17, 15) is 0 Å². The van der Waals surface area contributed by atoms with Crippen molar-refractivity contribution in [2.45, 2.75) is 41.5 Å². The minimum absolute atomic E-state index is 0.788. The number of hydrogen-bond donors (Lipinski definition) is 0. The van der Waals surface area contributed by atoms with Gasteiger partial charge in [-0.3, -0.25) is 0 Å². The van der Waals surface area contributed by atoms with Gasteiger partial charge in [0.15, 0.2) is 0 Å². The summed E-state index contributed by atoms with van der Waals surface area (Å²) < 4.78 is 0. The summed E-state index contributed by atoms with van der Waals surface area (Å²) in [4.78, 5) is 0. The molecule has 70 valence electrons. The van der Waals surface area contributed by atoms with Gasteiger partial charge in [-0.05, 0) is 37.5 Å². The number of hydrogen-bond acceptors (Lipinski definition) is 0. The van der Waals surface area contributed by atoms with Gasteiger partial charge in [-0.1, -0.05) is 38.8 Å². The van der Waals surface area contributed by atoms with Crippen LogP contribution in [0.4, 0.5) is 0 Å². The van der Waals surface area contributed by atoms with Gasteiger partial charge in [0.25, 0.3) is 0 Å². The third-order valence-electron chi connectivity index (χ3n) is 4.39. The highest BCUT2D eigenvalue weighted by atomic mass is 14.4. The molecule has 0 saturated heterocycles. The summed E-state index contributed by atoms with van der Waals surface area (Å²) in [7, 11) is 0. The van der Waals surface area contributed by atoms with Crippen LogP contribution >= 0.6 is 0 Å². The topological polar surface area (TPSA) is 0 Å². The molecule has 1 aliphatic rings. The first kappa shape index (κ1) is 9.83. The second kappa shape index (κ2) is 3.24. The predicted molar refractivity (Wildman–Crippen MR) is 55.0 cm³/mol. The van der Waals surface area contributed by atoms with Crippen LogP contribution in [0.25, 0.3) is 0 Å². The fourth-order valence-corrected chi connectivity index (χ4v) is 2.42. The third-order valence-corrected chi connectivity index (χ3v) is 4.39. The Labute approximate surface area is 77.1 Å². The molecule has 0 aromatic rings. The molecule has 1 rings (SSSR count). The Kier molecular flexibility index (Phi) is 2.65. The van der Waals surface area contributed by atoms with Crippen LogP contribution in [-0.2, 0) is 0 Å². The van der Waals surface area contributed by atoms with Crippen molar-refractivity contribution in [2.24, 2.45) is 23.7 Å². The van der Waals surface area contributed by atoms with Gasteiger partial charge in [-0.25, -0.2) is 0 Å². The van der Waals surface area contributed by atoms with Crippen molar-refractivity contribution in [3.05, 3.63) is 11.1 Å². The summed E-state index contributed by atoms with van der Waals surface area (Å²) >= 11 is 0. The average Bonchev–Trinajstić information content (AvgIpc) is 2.08. The molecule has 1 aliphatic carbocycles. The highest BCUT2D eigenvalue weighted by molar-refractivity contribution is 5.20. The molecule has 0 heterocycles. The van der Waals surface area contributed by atoms with Crippen molar-refractivity contribution in [1.29, 1.82) is 0 Å². The molecule has 0 radical (unpaired) electrons. The molecule has 0 spiro atoms. The minimum Gasteiger partial charge on any atom is -0.0710 e. The van der Waals surface area contributed by atoms with Crippen molar-refractivity contribution in [1.82, 2.24) is 0 Å². The Morgan fingerprint density at radius 3 is 1.17 bits per heavy atom. The Morgan fingerprint density at radius 1 is 0.667 bits per heavy atom. The summed E-state index contributed by atoms with van der Waals surface area (Å²) in [5.74, 6) is 3.28. The lowest BCUT2D eigenvalue weighted by molar-refractivity contribution is 0.227. The SMILES string of the molecule is CC1=C(C)C(C)C(C)C(C)C1C. The second-order valence-electron chi connectivity index (χ2n) is 4.66. The van der Waals surface area contributed by atoms with Crippen LogP contribution in [0.3, 0.4) is 0 Å². The van der Waals surface area contributed by atoms with E-state index >= 15 is 0 Å². The number of allylic oxidation sites excluding steroid dienone is 2. The molecular weight excluding hydrogens is 144 g/mol. The molecule has 12 heavy (non-hydrogen) atoms. The first-order valence-electron chi connectivity index (χ1n) is 5.14. The van der Waals surface area contributed by atoms with Crippen LogP contribution in [-0.4, -0.2) is 0 Å². The summed E-state index contributed by atoms with van der Waals surface area (Å²) in [5, 5.41) is 0. The summed E-state index contributed by atoms with van der Waals surface area (Å²) in [6.45, 7) is 14.1. The van der Waals surface area contributed by atoms with Gasteiger partial charge >= 0.3 is 0 Å². The van der Waals surface area contributed by atoms with E-state index in [2.05, 4.69) is 41.5 Å². The largest absolute Gasteiger partial charge is 0.0710 e. The van der Waals surface area contributed by atoms with Gasteiger partial charge in [0.2, 0.25) is 0 Å². The van der Waals surface area contributed by atoms with E-state index in [1.807, 2.05) is 0 Å². The lowest BCUT2D eigenvalue weighted by Crippen LogP contribution is -2.29. The van der Waals surface area contributed by atoms with E-state index in [1.54, 1.807) is 11.1 Å². The fourth-order valence-electron chi connectivity index (χ4n) is 2.42. The molecule has 0 bridgehead atoms. The first-order chi connectivity index (χ1) is 5.46. The Bertz CT molecular complexity index is 178. The fraction of sp³-hybridized carbons (Fsp3) is 0.833. The average molecular weight is 166 g/mol. The maximum atomic E-state index is 2.39. The van der Waals surface area contributed by atoms with Gasteiger partial charge in [-0.2, -0.15) is 0 Å². The number of rotatable bonds is 0. The first-order valence-corrected chi connectivity index (χ1v) is 5.14. The Hall–Kier alpha value is -0.260. The van der Waals surface area contributed by atoms with Crippen LogP contribution < -0.4 is 0 Å². The van der Waals surface area contributed by atoms with E-state index in [1.165, 1.54) is 0 Å². The van der Waals surface area contributed by atoms with Crippen molar-refractivity contribution < 1.29 is 0 Å². The van der Waals surface area contributed by atoms with Gasteiger partial charge in [0.1, 0.15) is 0 Å². The highest BCUT2D eigenvalue weighted by Gasteiger charge is 2.31. The molecule has 4 unspecified atom stereocenters. The summed E-state index contributed by atoms with van der Waals surface area (Å²) in [6, 6.07) is 0. The van der Waals surface area contributed by atoms with Crippen molar-refractivity contribution in [3.63, 3.8) is 0 Å². The molecule has 0 aromatic carbocycles. The maximum absolute atomic E-state index is 2.39. The Balaban J connectivity index is 3.00. The molecule has 0 fully saturated rings. The van der Waals surface area contributed by atoms with E-state index in [0.29, 0.717) is 0 Å². The molecule has 0 amide bonds. The van der Waals surface area contributed by atoms with E-state index in [0.717, 1.165) is 23.7 Å².